The average molecular weight is 279 g/mol. The van der Waals surface area contributed by atoms with E-state index in [9.17, 15) is 9.59 Å². The summed E-state index contributed by atoms with van der Waals surface area (Å²) in [5.74, 6) is 1.09. The fourth-order valence-corrected chi connectivity index (χ4v) is 2.39. The first kappa shape index (κ1) is 14.4. The van der Waals surface area contributed by atoms with Crippen molar-refractivity contribution in [1.82, 2.24) is 19.1 Å². The molecule has 0 aliphatic rings. The molecule has 0 amide bonds. The topological polar surface area (TPSA) is 84.7 Å². The molecule has 2 rings (SSSR count). The number of imidazole rings is 1. The lowest BCUT2D eigenvalue weighted by Gasteiger charge is -2.14. The quantitative estimate of drug-likeness (QED) is 0.867. The van der Waals surface area contributed by atoms with Crippen LogP contribution in [0.3, 0.4) is 0 Å². The molecule has 1 unspecified atom stereocenters. The molecule has 7 heteroatoms. The van der Waals surface area contributed by atoms with Crippen molar-refractivity contribution in [2.75, 3.05) is 5.32 Å². The fraction of sp³-hybridized carbons (Fsp3) is 0.615. The van der Waals surface area contributed by atoms with E-state index in [1.165, 1.54) is 11.6 Å². The average Bonchev–Trinajstić information content (AvgIpc) is 2.76. The number of aromatic nitrogens is 4. The SMILES string of the molecule is CC(C)CC(C)Nc1nc2c([nH]1)c(=O)n(C)c(=O)n2C. The molecule has 0 saturated heterocycles. The molecule has 0 spiro atoms. The lowest BCUT2D eigenvalue weighted by atomic mass is 10.1. The van der Waals surface area contributed by atoms with Gasteiger partial charge in [-0.1, -0.05) is 13.8 Å². The predicted molar refractivity (Wildman–Crippen MR) is 79.1 cm³/mol. The van der Waals surface area contributed by atoms with E-state index in [-0.39, 0.29) is 17.3 Å². The third-order valence-corrected chi connectivity index (χ3v) is 3.30. The molecule has 0 fully saturated rings. The van der Waals surface area contributed by atoms with Gasteiger partial charge in [0.1, 0.15) is 0 Å². The minimum absolute atomic E-state index is 0.233. The van der Waals surface area contributed by atoms with Gasteiger partial charge < -0.3 is 10.3 Å². The van der Waals surface area contributed by atoms with Gasteiger partial charge in [0.05, 0.1) is 0 Å². The normalized spacial score (nSPS) is 13.1. The minimum Gasteiger partial charge on any atom is -0.353 e. The maximum Gasteiger partial charge on any atom is 0.332 e. The first-order valence-electron chi connectivity index (χ1n) is 6.73. The van der Waals surface area contributed by atoms with Crippen molar-refractivity contribution in [2.24, 2.45) is 20.0 Å². The number of rotatable bonds is 4. The Morgan fingerprint density at radius 2 is 1.85 bits per heavy atom. The minimum atomic E-state index is -0.379. The van der Waals surface area contributed by atoms with Gasteiger partial charge in [0.15, 0.2) is 11.2 Å². The summed E-state index contributed by atoms with van der Waals surface area (Å²) in [5.41, 5.74) is -0.0258. The lowest BCUT2D eigenvalue weighted by molar-refractivity contribution is 0.538. The molecule has 0 aromatic carbocycles. The Hall–Kier alpha value is -2.05. The van der Waals surface area contributed by atoms with Gasteiger partial charge in [-0.05, 0) is 19.3 Å². The van der Waals surface area contributed by atoms with Crippen molar-refractivity contribution in [3.63, 3.8) is 0 Å². The van der Waals surface area contributed by atoms with E-state index in [4.69, 9.17) is 0 Å². The molecule has 2 aromatic heterocycles. The van der Waals surface area contributed by atoms with Crippen LogP contribution in [0.5, 0.6) is 0 Å². The van der Waals surface area contributed by atoms with E-state index in [1.54, 1.807) is 7.05 Å². The number of nitrogens with one attached hydrogen (secondary N) is 2. The Balaban J connectivity index is 2.45. The smallest absolute Gasteiger partial charge is 0.332 e. The molecule has 0 radical (unpaired) electrons. The first-order valence-corrected chi connectivity index (χ1v) is 6.73. The summed E-state index contributed by atoms with van der Waals surface area (Å²) < 4.78 is 2.44. The zero-order chi connectivity index (χ0) is 15.0. The Morgan fingerprint density at radius 3 is 2.45 bits per heavy atom. The number of aryl methyl sites for hydroxylation is 1. The van der Waals surface area contributed by atoms with Crippen LogP contribution >= 0.6 is 0 Å². The predicted octanol–water partition coefficient (Wildman–Crippen LogP) is 0.807. The summed E-state index contributed by atoms with van der Waals surface area (Å²) in [4.78, 5) is 31.1. The molecule has 20 heavy (non-hydrogen) atoms. The largest absolute Gasteiger partial charge is 0.353 e. The maximum atomic E-state index is 12.0. The van der Waals surface area contributed by atoms with Crippen LogP contribution in [0.15, 0.2) is 9.59 Å². The second kappa shape index (κ2) is 5.15. The molecule has 1 atom stereocenters. The van der Waals surface area contributed by atoms with E-state index in [1.807, 2.05) is 0 Å². The molecular weight excluding hydrogens is 258 g/mol. The summed E-state index contributed by atoms with van der Waals surface area (Å²) in [6.07, 6.45) is 0.994. The van der Waals surface area contributed by atoms with Crippen LogP contribution in [0, 0.1) is 5.92 Å². The summed E-state index contributed by atoms with van der Waals surface area (Å²) in [5, 5.41) is 3.23. The summed E-state index contributed by atoms with van der Waals surface area (Å²) >= 11 is 0. The summed E-state index contributed by atoms with van der Waals surface area (Å²) in [6.45, 7) is 6.36. The highest BCUT2D eigenvalue weighted by atomic mass is 16.2. The van der Waals surface area contributed by atoms with Gasteiger partial charge in [0.2, 0.25) is 5.95 Å². The highest BCUT2D eigenvalue weighted by Gasteiger charge is 2.14. The van der Waals surface area contributed by atoms with Gasteiger partial charge in [-0.2, -0.15) is 4.98 Å². The lowest BCUT2D eigenvalue weighted by Crippen LogP contribution is -2.36. The van der Waals surface area contributed by atoms with E-state index < -0.39 is 0 Å². The van der Waals surface area contributed by atoms with Crippen LogP contribution in [-0.4, -0.2) is 25.1 Å². The fourth-order valence-electron chi connectivity index (χ4n) is 2.39. The van der Waals surface area contributed by atoms with Crippen LogP contribution in [-0.2, 0) is 14.1 Å². The molecule has 0 bridgehead atoms. The number of nitrogens with zero attached hydrogens (tertiary/aromatic N) is 3. The molecule has 2 N–H and O–H groups in total. The standard InChI is InChI=1S/C13H21N5O2/c1-7(2)6-8(3)14-12-15-9-10(16-12)17(4)13(20)18(5)11(9)19/h7-8H,6H2,1-5H3,(H2,14,15,16). The number of hydrogen-bond donors (Lipinski definition) is 2. The van der Waals surface area contributed by atoms with E-state index in [2.05, 4.69) is 36.1 Å². The van der Waals surface area contributed by atoms with Gasteiger partial charge >= 0.3 is 5.69 Å². The first-order chi connectivity index (χ1) is 9.31. The second-order valence-corrected chi connectivity index (χ2v) is 5.66. The van der Waals surface area contributed by atoms with Crippen LogP contribution in [0.2, 0.25) is 0 Å². The monoisotopic (exact) mass is 279 g/mol. The van der Waals surface area contributed by atoms with Crippen molar-refractivity contribution in [2.45, 2.75) is 33.2 Å². The number of H-pyrrole nitrogens is 1. The summed E-state index contributed by atoms with van der Waals surface area (Å²) in [6, 6.07) is 0.233. The van der Waals surface area contributed by atoms with Crippen LogP contribution in [0.25, 0.3) is 11.2 Å². The van der Waals surface area contributed by atoms with E-state index >= 15 is 0 Å². The van der Waals surface area contributed by atoms with Crippen LogP contribution in [0.4, 0.5) is 5.95 Å². The number of fused-ring (bicyclic) bond motifs is 1. The van der Waals surface area contributed by atoms with Crippen molar-refractivity contribution in [3.05, 3.63) is 20.8 Å². The van der Waals surface area contributed by atoms with Gasteiger partial charge in [-0.3, -0.25) is 13.9 Å². The van der Waals surface area contributed by atoms with Crippen molar-refractivity contribution < 1.29 is 0 Å². The highest BCUT2D eigenvalue weighted by molar-refractivity contribution is 5.72. The Morgan fingerprint density at radius 1 is 1.20 bits per heavy atom. The zero-order valence-corrected chi connectivity index (χ0v) is 12.5. The van der Waals surface area contributed by atoms with Crippen molar-refractivity contribution in [1.29, 1.82) is 0 Å². The van der Waals surface area contributed by atoms with E-state index in [0.717, 1.165) is 11.0 Å². The Labute approximate surface area is 116 Å². The molecular formula is C13H21N5O2. The van der Waals surface area contributed by atoms with Gasteiger partial charge in [-0.15, -0.1) is 0 Å². The van der Waals surface area contributed by atoms with Gasteiger partial charge in [-0.25, -0.2) is 4.79 Å². The molecule has 0 saturated carbocycles. The molecule has 7 nitrogen and oxygen atoms in total. The zero-order valence-electron chi connectivity index (χ0n) is 12.5. The molecule has 110 valence electrons. The molecule has 0 aliphatic heterocycles. The highest BCUT2D eigenvalue weighted by Crippen LogP contribution is 2.12. The number of aromatic amines is 1. The van der Waals surface area contributed by atoms with Crippen LogP contribution < -0.4 is 16.6 Å². The Kier molecular flexibility index (Phi) is 3.69. The number of hydrogen-bond acceptors (Lipinski definition) is 4. The Bertz CT molecular complexity index is 738. The molecule has 2 heterocycles. The third kappa shape index (κ3) is 2.48. The second-order valence-electron chi connectivity index (χ2n) is 5.66. The summed E-state index contributed by atoms with van der Waals surface area (Å²) in [7, 11) is 3.06. The molecule has 2 aromatic rings. The number of anilines is 1. The maximum absolute atomic E-state index is 12.0. The van der Waals surface area contributed by atoms with Gasteiger partial charge in [0, 0.05) is 20.1 Å². The van der Waals surface area contributed by atoms with E-state index in [0.29, 0.717) is 23.0 Å². The van der Waals surface area contributed by atoms with Gasteiger partial charge in [0.25, 0.3) is 5.56 Å². The van der Waals surface area contributed by atoms with Crippen molar-refractivity contribution >= 4 is 17.1 Å². The van der Waals surface area contributed by atoms with Crippen molar-refractivity contribution in [3.8, 4) is 0 Å². The third-order valence-electron chi connectivity index (χ3n) is 3.30. The van der Waals surface area contributed by atoms with Crippen LogP contribution in [0.1, 0.15) is 27.2 Å². The molecule has 0 aliphatic carbocycles.